The summed E-state index contributed by atoms with van der Waals surface area (Å²) < 4.78 is 1.68. The topological polar surface area (TPSA) is 74.6 Å². The highest BCUT2D eigenvalue weighted by atomic mass is 16.3. The molecule has 0 saturated heterocycles. The van der Waals surface area contributed by atoms with Crippen LogP contribution in [-0.2, 0) is 6.54 Å². The first kappa shape index (κ1) is 17.5. The zero-order valence-corrected chi connectivity index (χ0v) is 13.8. The Balaban J connectivity index is 1.61. The SMILES string of the molecule is CN(CC1CCCC1O)C(=O)NCCCCn1ccccc1=O. The summed E-state index contributed by atoms with van der Waals surface area (Å²) in [6, 6.07) is 5.03. The molecule has 1 fully saturated rings. The molecule has 0 spiro atoms. The fourth-order valence-electron chi connectivity index (χ4n) is 3.05. The minimum atomic E-state index is -0.269. The highest BCUT2D eigenvalue weighted by molar-refractivity contribution is 5.73. The maximum Gasteiger partial charge on any atom is 0.317 e. The third kappa shape index (κ3) is 5.39. The lowest BCUT2D eigenvalue weighted by Crippen LogP contribution is -2.41. The summed E-state index contributed by atoms with van der Waals surface area (Å²) in [6.45, 7) is 1.87. The number of aliphatic hydroxyl groups excluding tert-OH is 1. The van der Waals surface area contributed by atoms with Gasteiger partial charge >= 0.3 is 6.03 Å². The summed E-state index contributed by atoms with van der Waals surface area (Å²) in [5.74, 6) is 0.204. The van der Waals surface area contributed by atoms with Crippen molar-refractivity contribution >= 4 is 6.03 Å². The Morgan fingerprint density at radius 3 is 2.91 bits per heavy atom. The Labute approximate surface area is 137 Å². The summed E-state index contributed by atoms with van der Waals surface area (Å²) >= 11 is 0. The molecule has 128 valence electrons. The molecule has 2 amide bonds. The predicted molar refractivity (Wildman–Crippen MR) is 89.3 cm³/mol. The minimum Gasteiger partial charge on any atom is -0.393 e. The molecule has 0 bridgehead atoms. The quantitative estimate of drug-likeness (QED) is 0.746. The van der Waals surface area contributed by atoms with E-state index in [1.165, 1.54) is 0 Å². The van der Waals surface area contributed by atoms with Crippen molar-refractivity contribution in [3.05, 3.63) is 34.7 Å². The third-order valence-corrected chi connectivity index (χ3v) is 4.48. The van der Waals surface area contributed by atoms with E-state index in [4.69, 9.17) is 0 Å². The third-order valence-electron chi connectivity index (χ3n) is 4.48. The Bertz CT molecular complexity index is 558. The second-order valence-electron chi connectivity index (χ2n) is 6.31. The van der Waals surface area contributed by atoms with Gasteiger partial charge in [0.15, 0.2) is 0 Å². The van der Waals surface area contributed by atoms with Crippen LogP contribution in [0.1, 0.15) is 32.1 Å². The molecule has 1 aliphatic carbocycles. The molecule has 23 heavy (non-hydrogen) atoms. The van der Waals surface area contributed by atoms with E-state index in [-0.39, 0.29) is 23.6 Å². The number of nitrogens with one attached hydrogen (secondary N) is 1. The number of aromatic nitrogens is 1. The van der Waals surface area contributed by atoms with Crippen LogP contribution in [0.4, 0.5) is 4.79 Å². The molecule has 0 aromatic carbocycles. The van der Waals surface area contributed by atoms with Crippen LogP contribution in [-0.4, -0.2) is 46.8 Å². The van der Waals surface area contributed by atoms with Crippen molar-refractivity contribution < 1.29 is 9.90 Å². The van der Waals surface area contributed by atoms with Gasteiger partial charge in [0.2, 0.25) is 5.56 Å². The number of urea groups is 1. The maximum atomic E-state index is 12.0. The average molecular weight is 321 g/mol. The predicted octanol–water partition coefficient (Wildman–Crippen LogP) is 1.43. The van der Waals surface area contributed by atoms with E-state index < -0.39 is 0 Å². The zero-order valence-electron chi connectivity index (χ0n) is 13.8. The van der Waals surface area contributed by atoms with Gasteiger partial charge in [-0.05, 0) is 31.7 Å². The van der Waals surface area contributed by atoms with E-state index in [9.17, 15) is 14.7 Å². The highest BCUT2D eigenvalue weighted by Crippen LogP contribution is 2.25. The average Bonchev–Trinajstić information content (AvgIpc) is 2.93. The van der Waals surface area contributed by atoms with Crippen LogP contribution in [0.2, 0.25) is 0 Å². The van der Waals surface area contributed by atoms with Crippen molar-refractivity contribution in [2.24, 2.45) is 5.92 Å². The molecule has 2 unspecified atom stereocenters. The van der Waals surface area contributed by atoms with Crippen LogP contribution < -0.4 is 10.9 Å². The molecule has 1 saturated carbocycles. The van der Waals surface area contributed by atoms with Crippen LogP contribution in [0.3, 0.4) is 0 Å². The molecule has 2 N–H and O–H groups in total. The van der Waals surface area contributed by atoms with Gasteiger partial charge < -0.3 is 19.9 Å². The largest absolute Gasteiger partial charge is 0.393 e. The summed E-state index contributed by atoms with van der Waals surface area (Å²) in [4.78, 5) is 25.2. The van der Waals surface area contributed by atoms with E-state index >= 15 is 0 Å². The molecule has 6 nitrogen and oxygen atoms in total. The van der Waals surface area contributed by atoms with Gasteiger partial charge in [0, 0.05) is 44.9 Å². The number of nitrogens with zero attached hydrogens (tertiary/aromatic N) is 2. The number of aliphatic hydroxyl groups is 1. The lowest BCUT2D eigenvalue weighted by atomic mass is 10.1. The number of unbranched alkanes of at least 4 members (excludes halogenated alkanes) is 1. The molecule has 0 aliphatic heterocycles. The standard InChI is InChI=1S/C17H27N3O3/c1-19(13-14-7-6-8-15(14)21)17(23)18-10-3-5-12-20-11-4-2-9-16(20)22/h2,4,9,11,14-15,21H,3,5-8,10,12-13H2,1H3,(H,18,23). The second kappa shape index (κ2) is 8.72. The first-order valence-corrected chi connectivity index (χ1v) is 8.40. The second-order valence-corrected chi connectivity index (χ2v) is 6.31. The fourth-order valence-corrected chi connectivity index (χ4v) is 3.05. The number of rotatable bonds is 7. The Morgan fingerprint density at radius 2 is 2.22 bits per heavy atom. The van der Waals surface area contributed by atoms with Crippen molar-refractivity contribution in [2.45, 2.75) is 44.8 Å². The molecule has 2 rings (SSSR count). The van der Waals surface area contributed by atoms with Crippen LogP contribution >= 0.6 is 0 Å². The lowest BCUT2D eigenvalue weighted by Gasteiger charge is -2.23. The maximum absolute atomic E-state index is 12.0. The number of hydrogen-bond acceptors (Lipinski definition) is 3. The Hall–Kier alpha value is -1.82. The molecule has 1 aliphatic rings. The first-order chi connectivity index (χ1) is 11.1. The van der Waals surface area contributed by atoms with Crippen LogP contribution in [0.25, 0.3) is 0 Å². The molecular weight excluding hydrogens is 294 g/mol. The monoisotopic (exact) mass is 321 g/mol. The first-order valence-electron chi connectivity index (χ1n) is 8.40. The van der Waals surface area contributed by atoms with E-state index in [1.807, 2.05) is 6.07 Å². The van der Waals surface area contributed by atoms with Gasteiger partial charge in [0.1, 0.15) is 0 Å². The Morgan fingerprint density at radius 1 is 1.39 bits per heavy atom. The zero-order chi connectivity index (χ0) is 16.7. The molecular formula is C17H27N3O3. The molecule has 1 aromatic heterocycles. The normalized spacial score (nSPS) is 20.4. The molecule has 1 aromatic rings. The number of hydrogen-bond donors (Lipinski definition) is 2. The van der Waals surface area contributed by atoms with Crippen LogP contribution in [0.15, 0.2) is 29.2 Å². The van der Waals surface area contributed by atoms with Crippen molar-refractivity contribution in [1.29, 1.82) is 0 Å². The van der Waals surface area contributed by atoms with Gasteiger partial charge in [-0.25, -0.2) is 4.79 Å². The summed E-state index contributed by atoms with van der Waals surface area (Å²) in [6.07, 6.45) is 6.06. The number of carbonyl (C=O) groups excluding carboxylic acids is 1. The number of amides is 2. The lowest BCUT2D eigenvalue weighted by molar-refractivity contribution is 0.114. The molecule has 0 radical (unpaired) electrons. The van der Waals surface area contributed by atoms with E-state index in [2.05, 4.69) is 5.32 Å². The minimum absolute atomic E-state index is 0.00592. The van der Waals surface area contributed by atoms with Gasteiger partial charge in [0.25, 0.3) is 0 Å². The summed E-state index contributed by atoms with van der Waals surface area (Å²) in [5, 5.41) is 12.7. The van der Waals surface area contributed by atoms with E-state index in [0.29, 0.717) is 19.6 Å². The van der Waals surface area contributed by atoms with Crippen molar-refractivity contribution in [2.75, 3.05) is 20.1 Å². The van der Waals surface area contributed by atoms with Gasteiger partial charge in [-0.1, -0.05) is 12.5 Å². The van der Waals surface area contributed by atoms with Crippen molar-refractivity contribution in [3.63, 3.8) is 0 Å². The number of aryl methyl sites for hydroxylation is 1. The molecule has 2 atom stereocenters. The van der Waals surface area contributed by atoms with Gasteiger partial charge in [-0.15, -0.1) is 0 Å². The smallest absolute Gasteiger partial charge is 0.317 e. The fraction of sp³-hybridized carbons (Fsp3) is 0.647. The van der Waals surface area contributed by atoms with E-state index in [0.717, 1.165) is 32.1 Å². The van der Waals surface area contributed by atoms with Crippen molar-refractivity contribution in [3.8, 4) is 0 Å². The number of pyridine rings is 1. The van der Waals surface area contributed by atoms with Gasteiger partial charge in [-0.2, -0.15) is 0 Å². The van der Waals surface area contributed by atoms with Gasteiger partial charge in [-0.3, -0.25) is 4.79 Å². The van der Waals surface area contributed by atoms with Crippen LogP contribution in [0, 0.1) is 5.92 Å². The molecule has 6 heteroatoms. The highest BCUT2D eigenvalue weighted by Gasteiger charge is 2.27. The van der Waals surface area contributed by atoms with Crippen LogP contribution in [0.5, 0.6) is 0 Å². The molecule has 1 heterocycles. The summed E-state index contributed by atoms with van der Waals surface area (Å²) in [5.41, 5.74) is 0.00592. The van der Waals surface area contributed by atoms with Crippen molar-refractivity contribution in [1.82, 2.24) is 14.8 Å². The van der Waals surface area contributed by atoms with E-state index in [1.54, 1.807) is 34.8 Å². The summed E-state index contributed by atoms with van der Waals surface area (Å²) in [7, 11) is 1.77. The van der Waals surface area contributed by atoms with Gasteiger partial charge in [0.05, 0.1) is 6.10 Å². The Kier molecular flexibility index (Phi) is 6.65. The number of carbonyl (C=O) groups is 1.